The smallest absolute Gasteiger partial charge is 0.335 e. The van der Waals surface area contributed by atoms with Gasteiger partial charge >= 0.3 is 5.97 Å². The Morgan fingerprint density at radius 3 is 2.38 bits per heavy atom. The molecule has 1 atom stereocenters. The van der Waals surface area contributed by atoms with Gasteiger partial charge in [0, 0.05) is 0 Å². The molecule has 0 amide bonds. The van der Waals surface area contributed by atoms with Gasteiger partial charge in [0.2, 0.25) is 0 Å². The summed E-state index contributed by atoms with van der Waals surface area (Å²) in [6, 6.07) is 15.0. The van der Waals surface area contributed by atoms with Crippen LogP contribution in [0.5, 0.6) is 0 Å². The lowest BCUT2D eigenvalue weighted by atomic mass is 9.88. The van der Waals surface area contributed by atoms with E-state index in [1.807, 2.05) is 49.4 Å². The van der Waals surface area contributed by atoms with Crippen LogP contribution in [0.3, 0.4) is 0 Å². The predicted octanol–water partition coefficient (Wildman–Crippen LogP) is 4.15. The van der Waals surface area contributed by atoms with Crippen molar-refractivity contribution in [3.63, 3.8) is 0 Å². The van der Waals surface area contributed by atoms with E-state index < -0.39 is 5.54 Å². The van der Waals surface area contributed by atoms with Crippen molar-refractivity contribution in [2.75, 3.05) is 12.4 Å². The summed E-state index contributed by atoms with van der Waals surface area (Å²) in [6.07, 6.45) is 0. The zero-order chi connectivity index (χ0) is 15.5. The van der Waals surface area contributed by atoms with Crippen molar-refractivity contribution in [3.05, 3.63) is 64.7 Å². The maximum Gasteiger partial charge on any atom is 0.335 e. The van der Waals surface area contributed by atoms with Gasteiger partial charge in [0.15, 0.2) is 5.54 Å². The number of benzene rings is 2. The van der Waals surface area contributed by atoms with Crippen LogP contribution in [0.15, 0.2) is 48.5 Å². The molecule has 0 saturated heterocycles. The molecule has 2 rings (SSSR count). The highest BCUT2D eigenvalue weighted by molar-refractivity contribution is 6.33. The molecule has 0 aliphatic carbocycles. The van der Waals surface area contributed by atoms with Crippen molar-refractivity contribution in [2.45, 2.75) is 19.4 Å². The number of para-hydroxylation sites is 1. The average molecular weight is 304 g/mol. The molecule has 0 radical (unpaired) electrons. The van der Waals surface area contributed by atoms with Crippen LogP contribution in [-0.4, -0.2) is 13.1 Å². The van der Waals surface area contributed by atoms with Crippen LogP contribution in [0.4, 0.5) is 5.69 Å². The number of anilines is 1. The fourth-order valence-electron chi connectivity index (χ4n) is 2.40. The van der Waals surface area contributed by atoms with E-state index in [0.29, 0.717) is 10.7 Å². The van der Waals surface area contributed by atoms with E-state index >= 15 is 0 Å². The Hall–Kier alpha value is -2.00. The molecule has 4 heteroatoms. The molecule has 0 fully saturated rings. The normalized spacial score (nSPS) is 13.3. The molecule has 2 aromatic rings. The summed E-state index contributed by atoms with van der Waals surface area (Å²) < 4.78 is 4.99. The average Bonchev–Trinajstić information content (AvgIpc) is 2.49. The summed E-state index contributed by atoms with van der Waals surface area (Å²) >= 11 is 6.19. The molecule has 3 nitrogen and oxygen atoms in total. The number of esters is 1. The van der Waals surface area contributed by atoms with E-state index in [1.54, 1.807) is 13.0 Å². The first-order valence-electron chi connectivity index (χ1n) is 6.66. The van der Waals surface area contributed by atoms with Crippen LogP contribution < -0.4 is 5.32 Å². The Labute approximate surface area is 129 Å². The molecule has 2 aromatic carbocycles. The monoisotopic (exact) mass is 303 g/mol. The number of ether oxygens (including phenoxy) is 1. The number of hydrogen-bond acceptors (Lipinski definition) is 3. The first-order valence-corrected chi connectivity index (χ1v) is 7.04. The third-order valence-corrected chi connectivity index (χ3v) is 3.87. The zero-order valence-electron chi connectivity index (χ0n) is 12.3. The molecule has 0 heterocycles. The predicted molar refractivity (Wildman–Crippen MR) is 85.6 cm³/mol. The minimum atomic E-state index is -1.01. The number of aryl methyl sites for hydroxylation is 1. The van der Waals surface area contributed by atoms with Crippen LogP contribution in [-0.2, 0) is 15.1 Å². The Balaban J connectivity index is 2.51. The number of carbonyl (C=O) groups is 1. The third kappa shape index (κ3) is 3.03. The largest absolute Gasteiger partial charge is 0.467 e. The van der Waals surface area contributed by atoms with Gasteiger partial charge < -0.3 is 10.1 Å². The van der Waals surface area contributed by atoms with Gasteiger partial charge in [0.05, 0.1) is 17.8 Å². The second-order valence-corrected chi connectivity index (χ2v) is 5.44. The summed E-state index contributed by atoms with van der Waals surface area (Å²) in [4.78, 5) is 12.4. The first-order chi connectivity index (χ1) is 9.99. The maximum absolute atomic E-state index is 12.4. The van der Waals surface area contributed by atoms with Crippen LogP contribution in [0, 0.1) is 6.92 Å². The van der Waals surface area contributed by atoms with E-state index in [9.17, 15) is 4.79 Å². The fourth-order valence-corrected chi connectivity index (χ4v) is 2.58. The van der Waals surface area contributed by atoms with E-state index in [4.69, 9.17) is 16.3 Å². The van der Waals surface area contributed by atoms with E-state index in [0.717, 1.165) is 11.1 Å². The van der Waals surface area contributed by atoms with Gasteiger partial charge in [0.1, 0.15) is 0 Å². The maximum atomic E-state index is 12.4. The van der Waals surface area contributed by atoms with Gasteiger partial charge in [-0.05, 0) is 37.1 Å². The van der Waals surface area contributed by atoms with Crippen LogP contribution in [0.1, 0.15) is 18.1 Å². The van der Waals surface area contributed by atoms with Gasteiger partial charge in [-0.25, -0.2) is 4.79 Å². The number of halogens is 1. The SMILES string of the molecule is COC(=O)C(C)(Nc1ccccc1Cl)c1ccccc1C. The highest BCUT2D eigenvalue weighted by Gasteiger charge is 2.37. The van der Waals surface area contributed by atoms with Crippen molar-refractivity contribution < 1.29 is 9.53 Å². The Kier molecular flexibility index (Phi) is 4.53. The molecule has 0 aromatic heterocycles. The van der Waals surface area contributed by atoms with Crippen LogP contribution >= 0.6 is 11.6 Å². The molecule has 21 heavy (non-hydrogen) atoms. The second kappa shape index (κ2) is 6.19. The van der Waals surface area contributed by atoms with E-state index in [1.165, 1.54) is 7.11 Å². The van der Waals surface area contributed by atoms with Crippen molar-refractivity contribution in [2.24, 2.45) is 0 Å². The number of carbonyl (C=O) groups excluding carboxylic acids is 1. The quantitative estimate of drug-likeness (QED) is 0.862. The zero-order valence-corrected chi connectivity index (χ0v) is 13.1. The molecule has 0 bridgehead atoms. The van der Waals surface area contributed by atoms with Crippen molar-refractivity contribution in [3.8, 4) is 0 Å². The number of methoxy groups -OCH3 is 1. The summed E-state index contributed by atoms with van der Waals surface area (Å²) in [7, 11) is 1.38. The van der Waals surface area contributed by atoms with Gasteiger partial charge in [-0.15, -0.1) is 0 Å². The van der Waals surface area contributed by atoms with Gasteiger partial charge in [0.25, 0.3) is 0 Å². The minimum absolute atomic E-state index is 0.364. The van der Waals surface area contributed by atoms with Gasteiger partial charge in [-0.3, -0.25) is 0 Å². The number of hydrogen-bond donors (Lipinski definition) is 1. The summed E-state index contributed by atoms with van der Waals surface area (Å²) in [5, 5.41) is 3.78. The summed E-state index contributed by atoms with van der Waals surface area (Å²) in [5.74, 6) is -0.364. The van der Waals surface area contributed by atoms with Crippen molar-refractivity contribution in [1.82, 2.24) is 0 Å². The molecule has 1 unspecified atom stereocenters. The fraction of sp³-hybridized carbons (Fsp3) is 0.235. The molecule has 0 spiro atoms. The Morgan fingerprint density at radius 2 is 1.76 bits per heavy atom. The van der Waals surface area contributed by atoms with Crippen molar-refractivity contribution in [1.29, 1.82) is 0 Å². The lowest BCUT2D eigenvalue weighted by molar-refractivity contribution is -0.145. The Bertz CT molecular complexity index is 657. The summed E-state index contributed by atoms with van der Waals surface area (Å²) in [5.41, 5.74) is 1.54. The molecular formula is C17H18ClNO2. The van der Waals surface area contributed by atoms with E-state index in [2.05, 4.69) is 5.32 Å². The highest BCUT2D eigenvalue weighted by atomic mass is 35.5. The second-order valence-electron chi connectivity index (χ2n) is 5.04. The third-order valence-electron chi connectivity index (χ3n) is 3.54. The Morgan fingerprint density at radius 1 is 1.14 bits per heavy atom. The topological polar surface area (TPSA) is 38.3 Å². The van der Waals surface area contributed by atoms with Gasteiger partial charge in [-0.1, -0.05) is 48.0 Å². The lowest BCUT2D eigenvalue weighted by Gasteiger charge is -2.31. The van der Waals surface area contributed by atoms with E-state index in [-0.39, 0.29) is 5.97 Å². The molecule has 0 aliphatic heterocycles. The molecule has 0 saturated carbocycles. The minimum Gasteiger partial charge on any atom is -0.467 e. The molecule has 0 aliphatic rings. The number of rotatable bonds is 4. The van der Waals surface area contributed by atoms with Crippen LogP contribution in [0.2, 0.25) is 5.02 Å². The molecule has 1 N–H and O–H groups in total. The number of nitrogens with one attached hydrogen (secondary N) is 1. The van der Waals surface area contributed by atoms with Gasteiger partial charge in [-0.2, -0.15) is 0 Å². The molecule has 110 valence electrons. The standard InChI is InChI=1S/C17H18ClNO2/c1-12-8-4-5-9-13(12)17(2,16(20)21-3)19-15-11-7-6-10-14(15)18/h4-11,19H,1-3H3. The van der Waals surface area contributed by atoms with Crippen molar-refractivity contribution >= 4 is 23.3 Å². The molecular weight excluding hydrogens is 286 g/mol. The lowest BCUT2D eigenvalue weighted by Crippen LogP contribution is -2.42. The van der Waals surface area contributed by atoms with Crippen LogP contribution in [0.25, 0.3) is 0 Å². The highest BCUT2D eigenvalue weighted by Crippen LogP contribution is 2.32. The summed E-state index contributed by atoms with van der Waals surface area (Å²) in [6.45, 7) is 3.76. The first kappa shape index (κ1) is 15.4.